The van der Waals surface area contributed by atoms with Crippen LogP contribution in [0.5, 0.6) is 0 Å². The Balaban J connectivity index is 4.29. The molecule has 0 saturated heterocycles. The zero-order valence-corrected chi connectivity index (χ0v) is 42.7. The maximum Gasteiger partial charge on any atom is 0.306 e. The van der Waals surface area contributed by atoms with Gasteiger partial charge in [0.25, 0.3) is 0 Å². The number of hydrogen-bond donors (Lipinski definition) is 0. The number of carbonyl (C=O) groups excluding carboxylic acids is 3. The van der Waals surface area contributed by atoms with Crippen LogP contribution in [0.1, 0.15) is 305 Å². The van der Waals surface area contributed by atoms with Crippen LogP contribution in [0.4, 0.5) is 0 Å². The molecule has 0 radical (unpaired) electrons. The van der Waals surface area contributed by atoms with Crippen molar-refractivity contribution in [1.29, 1.82) is 0 Å². The minimum absolute atomic E-state index is 0.0642. The van der Waals surface area contributed by atoms with Crippen LogP contribution in [-0.2, 0) is 28.6 Å². The maximum atomic E-state index is 12.8. The van der Waals surface area contributed by atoms with Crippen LogP contribution in [0.15, 0.2) is 0 Å². The minimum Gasteiger partial charge on any atom is -0.462 e. The topological polar surface area (TPSA) is 78.9 Å². The Morgan fingerprint density at radius 1 is 0.323 bits per heavy atom. The highest BCUT2D eigenvalue weighted by Gasteiger charge is 2.19. The van der Waals surface area contributed by atoms with Crippen molar-refractivity contribution >= 4 is 17.9 Å². The Hall–Kier alpha value is -1.59. The van der Waals surface area contributed by atoms with Gasteiger partial charge in [0, 0.05) is 19.3 Å². The predicted molar refractivity (Wildman–Crippen MR) is 266 cm³/mol. The smallest absolute Gasteiger partial charge is 0.306 e. The fourth-order valence-electron chi connectivity index (χ4n) is 8.44. The SMILES string of the molecule is CCC(C)CCCCCCCCCCCCCCCCC(=O)OC[C@@H](COC(=O)CCCCCCCCCCCC(C)C)OC(=O)CCCCCCCCCCCCCC(C)C. The van der Waals surface area contributed by atoms with Gasteiger partial charge in [-0.05, 0) is 37.0 Å². The van der Waals surface area contributed by atoms with Crippen LogP contribution in [-0.4, -0.2) is 37.2 Å². The molecule has 0 aliphatic carbocycles. The van der Waals surface area contributed by atoms with E-state index in [4.69, 9.17) is 14.2 Å². The summed E-state index contributed by atoms with van der Waals surface area (Å²) in [5.41, 5.74) is 0. The van der Waals surface area contributed by atoms with Crippen molar-refractivity contribution in [3.63, 3.8) is 0 Å². The first-order valence-corrected chi connectivity index (χ1v) is 27.6. The average Bonchev–Trinajstić information content (AvgIpc) is 3.24. The molecule has 6 nitrogen and oxygen atoms in total. The molecule has 0 rings (SSSR count). The van der Waals surface area contributed by atoms with Crippen LogP contribution in [0.3, 0.4) is 0 Å². The van der Waals surface area contributed by atoms with E-state index in [1.165, 1.54) is 186 Å². The first-order valence-electron chi connectivity index (χ1n) is 27.6. The molecule has 0 heterocycles. The van der Waals surface area contributed by atoms with E-state index in [2.05, 4.69) is 41.5 Å². The highest BCUT2D eigenvalue weighted by molar-refractivity contribution is 5.71. The normalized spacial score (nSPS) is 12.6. The molecule has 0 aromatic carbocycles. The van der Waals surface area contributed by atoms with E-state index in [1.54, 1.807) is 0 Å². The third kappa shape index (κ3) is 47.9. The summed E-state index contributed by atoms with van der Waals surface area (Å²) in [6.07, 6.45) is 48.0. The number of rotatable bonds is 49. The lowest BCUT2D eigenvalue weighted by Crippen LogP contribution is -2.30. The molecule has 2 atom stereocenters. The first-order chi connectivity index (χ1) is 30.1. The molecular weight excluding hydrogens is 769 g/mol. The highest BCUT2D eigenvalue weighted by Crippen LogP contribution is 2.18. The summed E-state index contributed by atoms with van der Waals surface area (Å²) < 4.78 is 16.9. The van der Waals surface area contributed by atoms with Crippen molar-refractivity contribution in [2.75, 3.05) is 13.2 Å². The van der Waals surface area contributed by atoms with E-state index in [9.17, 15) is 14.4 Å². The molecule has 368 valence electrons. The maximum absolute atomic E-state index is 12.8. The molecule has 0 fully saturated rings. The number of carbonyl (C=O) groups is 3. The molecule has 0 aliphatic rings. The molecule has 0 spiro atoms. The Morgan fingerprint density at radius 2 is 0.565 bits per heavy atom. The molecule has 0 amide bonds. The largest absolute Gasteiger partial charge is 0.462 e. The van der Waals surface area contributed by atoms with Crippen LogP contribution in [0.2, 0.25) is 0 Å². The predicted octanol–water partition coefficient (Wildman–Crippen LogP) is 17.9. The standard InChI is InChI=1S/C56H108O6/c1-7-52(6)44-38-32-26-20-14-10-8-9-11-15-21-27-33-39-45-54(57)60-48-53(49-61-55(58)46-40-34-28-23-17-19-25-31-37-43-51(4)5)62-56(59)47-41-35-29-22-16-12-13-18-24-30-36-42-50(2)3/h50-53H,7-49H2,1-6H3/t52?,53-/m0/s1. The third-order valence-corrected chi connectivity index (χ3v) is 13.0. The van der Waals surface area contributed by atoms with Crippen LogP contribution < -0.4 is 0 Å². The summed E-state index contributed by atoms with van der Waals surface area (Å²) in [6, 6.07) is 0. The van der Waals surface area contributed by atoms with Gasteiger partial charge in [0.15, 0.2) is 6.10 Å². The summed E-state index contributed by atoms with van der Waals surface area (Å²) in [4.78, 5) is 38.0. The van der Waals surface area contributed by atoms with E-state index in [1.807, 2.05) is 0 Å². The van der Waals surface area contributed by atoms with Crippen molar-refractivity contribution < 1.29 is 28.6 Å². The second-order valence-electron chi connectivity index (χ2n) is 20.4. The summed E-state index contributed by atoms with van der Waals surface area (Å²) in [6.45, 7) is 13.8. The lowest BCUT2D eigenvalue weighted by Gasteiger charge is -2.18. The van der Waals surface area contributed by atoms with E-state index < -0.39 is 6.10 Å². The molecule has 0 aliphatic heterocycles. The highest BCUT2D eigenvalue weighted by atomic mass is 16.6. The molecule has 62 heavy (non-hydrogen) atoms. The lowest BCUT2D eigenvalue weighted by molar-refractivity contribution is -0.167. The van der Waals surface area contributed by atoms with Gasteiger partial charge >= 0.3 is 17.9 Å². The van der Waals surface area contributed by atoms with E-state index in [0.29, 0.717) is 19.3 Å². The second-order valence-corrected chi connectivity index (χ2v) is 20.4. The number of esters is 3. The number of ether oxygens (including phenoxy) is 3. The quantitative estimate of drug-likeness (QED) is 0.0344. The fourth-order valence-corrected chi connectivity index (χ4v) is 8.44. The molecule has 0 N–H and O–H groups in total. The molecule has 0 aromatic rings. The van der Waals surface area contributed by atoms with Crippen molar-refractivity contribution in [2.45, 2.75) is 311 Å². The van der Waals surface area contributed by atoms with E-state index in [0.717, 1.165) is 75.5 Å². The van der Waals surface area contributed by atoms with Gasteiger partial charge in [0.05, 0.1) is 0 Å². The molecule has 0 saturated carbocycles. The zero-order valence-electron chi connectivity index (χ0n) is 42.7. The minimum atomic E-state index is -0.763. The van der Waals surface area contributed by atoms with Gasteiger partial charge in [-0.2, -0.15) is 0 Å². The van der Waals surface area contributed by atoms with Gasteiger partial charge in [-0.3, -0.25) is 14.4 Å². The zero-order chi connectivity index (χ0) is 45.6. The van der Waals surface area contributed by atoms with Gasteiger partial charge in [0.1, 0.15) is 13.2 Å². The summed E-state index contributed by atoms with van der Waals surface area (Å²) in [5, 5.41) is 0. The van der Waals surface area contributed by atoms with Gasteiger partial charge in [-0.1, -0.05) is 266 Å². The Kier molecular flexibility index (Phi) is 46.2. The Bertz CT molecular complexity index is 962. The van der Waals surface area contributed by atoms with Crippen LogP contribution in [0, 0.1) is 17.8 Å². The van der Waals surface area contributed by atoms with Gasteiger partial charge in [-0.15, -0.1) is 0 Å². The second kappa shape index (κ2) is 47.4. The van der Waals surface area contributed by atoms with Gasteiger partial charge < -0.3 is 14.2 Å². The lowest BCUT2D eigenvalue weighted by atomic mass is 9.99. The van der Waals surface area contributed by atoms with Crippen LogP contribution >= 0.6 is 0 Å². The van der Waals surface area contributed by atoms with Gasteiger partial charge in [-0.25, -0.2) is 0 Å². The summed E-state index contributed by atoms with van der Waals surface area (Å²) in [7, 11) is 0. The molecule has 0 bridgehead atoms. The van der Waals surface area contributed by atoms with E-state index in [-0.39, 0.29) is 31.1 Å². The van der Waals surface area contributed by atoms with E-state index >= 15 is 0 Å². The molecular formula is C56H108O6. The first kappa shape index (κ1) is 60.4. The monoisotopic (exact) mass is 877 g/mol. The molecule has 0 aromatic heterocycles. The number of unbranched alkanes of at least 4 members (excludes halogenated alkanes) is 31. The fraction of sp³-hybridized carbons (Fsp3) is 0.946. The third-order valence-electron chi connectivity index (χ3n) is 13.0. The van der Waals surface area contributed by atoms with Crippen molar-refractivity contribution in [3.8, 4) is 0 Å². The van der Waals surface area contributed by atoms with Gasteiger partial charge in [0.2, 0.25) is 0 Å². The Morgan fingerprint density at radius 3 is 0.839 bits per heavy atom. The van der Waals surface area contributed by atoms with Crippen molar-refractivity contribution in [2.24, 2.45) is 17.8 Å². The molecule has 1 unspecified atom stereocenters. The number of hydrogen-bond acceptors (Lipinski definition) is 6. The van der Waals surface area contributed by atoms with Crippen molar-refractivity contribution in [1.82, 2.24) is 0 Å². The molecule has 6 heteroatoms. The summed E-state index contributed by atoms with van der Waals surface area (Å²) >= 11 is 0. The summed E-state index contributed by atoms with van der Waals surface area (Å²) in [5.74, 6) is 1.68. The Labute approximate surface area is 387 Å². The average molecular weight is 877 g/mol. The van der Waals surface area contributed by atoms with Crippen LogP contribution in [0.25, 0.3) is 0 Å². The van der Waals surface area contributed by atoms with Crippen molar-refractivity contribution in [3.05, 3.63) is 0 Å².